The van der Waals surface area contributed by atoms with Crippen LogP contribution in [0, 0.1) is 5.21 Å². The van der Waals surface area contributed by atoms with Crippen LogP contribution in [0.1, 0.15) is 15.9 Å². The van der Waals surface area contributed by atoms with Crippen molar-refractivity contribution in [3.8, 4) is 11.1 Å². The number of aliphatic imine (C=N–C) groups is 1. The van der Waals surface area contributed by atoms with Crippen LogP contribution in [-0.4, -0.2) is 16.6 Å². The Morgan fingerprint density at radius 3 is 3.00 bits per heavy atom. The Hall–Kier alpha value is -4.00. The Morgan fingerprint density at radius 2 is 2.06 bits per heavy atom. The van der Waals surface area contributed by atoms with Crippen LogP contribution < -0.4 is 15.2 Å². The topological polar surface area (TPSA) is 70.0 Å². The van der Waals surface area contributed by atoms with Gasteiger partial charge in [0.1, 0.15) is 5.52 Å². The minimum absolute atomic E-state index is 0.0492. The fraction of sp³-hybridized carbons (Fsp3) is 0.0400. The van der Waals surface area contributed by atoms with Gasteiger partial charge >= 0.3 is 5.88 Å². The minimum atomic E-state index is -0.784. The molecule has 2 aromatic carbocycles. The molecular weight excluding hydrogens is 390 g/mol. The van der Waals surface area contributed by atoms with Crippen molar-refractivity contribution in [2.75, 3.05) is 0 Å². The van der Waals surface area contributed by atoms with Gasteiger partial charge in [-0.2, -0.15) is 0 Å². The molecule has 5 heterocycles. The number of ketones is 1. The van der Waals surface area contributed by atoms with Crippen LogP contribution in [0.25, 0.3) is 34.3 Å². The second-order valence-electron chi connectivity index (χ2n) is 8.24. The van der Waals surface area contributed by atoms with Crippen molar-refractivity contribution >= 4 is 46.6 Å². The number of aromatic nitrogens is 1. The van der Waals surface area contributed by atoms with E-state index in [-0.39, 0.29) is 5.78 Å². The van der Waals surface area contributed by atoms with Crippen LogP contribution in [0.15, 0.2) is 65.2 Å². The van der Waals surface area contributed by atoms with E-state index in [4.69, 9.17) is 4.74 Å². The van der Waals surface area contributed by atoms with Crippen molar-refractivity contribution in [2.45, 2.75) is 6.54 Å². The summed E-state index contributed by atoms with van der Waals surface area (Å²) in [7, 11) is 0. The van der Waals surface area contributed by atoms with Gasteiger partial charge in [-0.25, -0.2) is 4.65 Å². The number of ether oxygens (including phenoxy) is 1. The van der Waals surface area contributed by atoms with Crippen LogP contribution in [0.4, 0.5) is 11.4 Å². The first-order valence-corrected chi connectivity index (χ1v) is 10.2. The molecule has 0 spiro atoms. The van der Waals surface area contributed by atoms with Crippen molar-refractivity contribution < 1.29 is 9.53 Å². The van der Waals surface area contributed by atoms with Crippen molar-refractivity contribution in [3.05, 3.63) is 87.1 Å². The van der Waals surface area contributed by atoms with E-state index in [9.17, 15) is 10.0 Å². The van der Waals surface area contributed by atoms with Crippen LogP contribution >= 0.6 is 0 Å². The van der Waals surface area contributed by atoms with Gasteiger partial charge in [-0.1, -0.05) is 24.3 Å². The maximum atomic E-state index is 14.8. The summed E-state index contributed by atoms with van der Waals surface area (Å²) < 4.78 is 7.06. The molecular formula is C25H13N3O3. The largest absolute Gasteiger partial charge is 0.614 e. The Morgan fingerprint density at radius 1 is 1.16 bits per heavy atom. The van der Waals surface area contributed by atoms with Crippen molar-refractivity contribution in [1.29, 1.82) is 0 Å². The number of carbonyl (C=O) groups excluding carboxylic acids is 1. The molecule has 0 N–H and O–H groups in total. The number of para-hydroxylation sites is 1. The molecule has 31 heavy (non-hydrogen) atoms. The highest BCUT2D eigenvalue weighted by Crippen LogP contribution is 2.61. The first-order chi connectivity index (χ1) is 15.2. The summed E-state index contributed by atoms with van der Waals surface area (Å²) >= 11 is 0. The van der Waals surface area contributed by atoms with E-state index in [2.05, 4.69) is 9.56 Å². The van der Waals surface area contributed by atoms with Gasteiger partial charge in [0.2, 0.25) is 5.76 Å². The normalized spacial score (nSPS) is 23.7. The number of hydroxylamine groups is 1. The number of benzene rings is 2. The number of quaternary nitrogens is 1. The molecule has 0 amide bonds. The van der Waals surface area contributed by atoms with Crippen molar-refractivity contribution in [2.24, 2.45) is 4.99 Å². The predicted molar refractivity (Wildman–Crippen MR) is 119 cm³/mol. The highest BCUT2D eigenvalue weighted by Gasteiger charge is 2.53. The average molecular weight is 403 g/mol. The van der Waals surface area contributed by atoms with Crippen LogP contribution in [0.3, 0.4) is 0 Å². The smallest absolute Gasteiger partial charge is 0.352 e. The van der Waals surface area contributed by atoms with E-state index in [0.29, 0.717) is 35.1 Å². The summed E-state index contributed by atoms with van der Waals surface area (Å²) in [6.45, 7) is 0.534. The van der Waals surface area contributed by atoms with Gasteiger partial charge in [0, 0.05) is 41.2 Å². The molecule has 5 aliphatic rings. The molecule has 1 aromatic heterocycles. The summed E-state index contributed by atoms with van der Waals surface area (Å²) in [6, 6.07) is 7.69. The molecule has 1 aliphatic carbocycles. The van der Waals surface area contributed by atoms with Crippen LogP contribution in [-0.2, 0) is 11.3 Å². The lowest BCUT2D eigenvalue weighted by molar-refractivity contribution is 0.104. The molecule has 146 valence electrons. The average Bonchev–Trinajstić information content (AvgIpc) is 3.13. The minimum Gasteiger partial charge on any atom is -0.614 e. The summed E-state index contributed by atoms with van der Waals surface area (Å²) in [5, 5.41) is 17.3. The standard InChI is InChI=1S/C25H13N3O3/c29-18-8-3-6-16-22(18)21-15-12-26-11-14(15)20-13-5-1-2-7-17(13)28(30)24(20)23(21)27(16)10-4-9-19-25(28)31-19/h1-9,11-12H,10H2/b9-4-. The molecule has 0 saturated heterocycles. The molecule has 0 bridgehead atoms. The van der Waals surface area contributed by atoms with E-state index >= 15 is 0 Å². The number of rotatable bonds is 0. The third kappa shape index (κ3) is 1.59. The molecule has 0 fully saturated rings. The summed E-state index contributed by atoms with van der Waals surface area (Å²) in [5.74, 6) is 0.960. The number of fused-ring (bicyclic) bond motifs is 10. The summed E-state index contributed by atoms with van der Waals surface area (Å²) in [4.78, 5) is 17.5. The zero-order valence-corrected chi connectivity index (χ0v) is 16.1. The maximum Gasteiger partial charge on any atom is 0.352 e. The molecule has 6 heteroatoms. The highest BCUT2D eigenvalue weighted by molar-refractivity contribution is 6.22. The number of hydrogen-bond acceptors (Lipinski definition) is 4. The zero-order valence-electron chi connectivity index (χ0n) is 16.1. The second kappa shape index (κ2) is 4.83. The van der Waals surface area contributed by atoms with Gasteiger partial charge in [0.05, 0.1) is 22.0 Å². The van der Waals surface area contributed by atoms with Crippen LogP contribution in [0.2, 0.25) is 0 Å². The molecule has 1 unspecified atom stereocenters. The first-order valence-electron chi connectivity index (χ1n) is 10.2. The van der Waals surface area contributed by atoms with Gasteiger partial charge in [-0.15, -0.1) is 0 Å². The fourth-order valence-corrected chi connectivity index (χ4v) is 5.58. The molecule has 3 aromatic rings. The first kappa shape index (κ1) is 15.8. The number of nitrogens with zero attached hydrogens (tertiary/aromatic N) is 3. The van der Waals surface area contributed by atoms with E-state index < -0.39 is 4.65 Å². The van der Waals surface area contributed by atoms with E-state index in [1.165, 1.54) is 0 Å². The lowest BCUT2D eigenvalue weighted by Crippen LogP contribution is -2.32. The zero-order chi connectivity index (χ0) is 20.5. The number of carbonyl (C=O) groups is 1. The Bertz CT molecular complexity index is 1710. The molecule has 0 radical (unpaired) electrons. The number of hydrogen-bond donors (Lipinski definition) is 0. The van der Waals surface area contributed by atoms with Gasteiger partial charge in [-0.3, -0.25) is 9.79 Å². The second-order valence-corrected chi connectivity index (χ2v) is 8.24. The van der Waals surface area contributed by atoms with Crippen LogP contribution in [0.5, 0.6) is 0 Å². The lowest BCUT2D eigenvalue weighted by atomic mass is 9.94. The van der Waals surface area contributed by atoms with E-state index in [1.54, 1.807) is 18.4 Å². The predicted octanol–water partition coefficient (Wildman–Crippen LogP) is 3.23. The molecule has 6 nitrogen and oxygen atoms in total. The third-order valence-corrected chi connectivity index (χ3v) is 6.80. The molecule has 4 aliphatic heterocycles. The highest BCUT2D eigenvalue weighted by atomic mass is 16.7. The van der Waals surface area contributed by atoms with E-state index in [0.717, 1.165) is 38.2 Å². The summed E-state index contributed by atoms with van der Waals surface area (Å²) in [6.07, 6.45) is 12.8. The molecule has 1 atom stereocenters. The van der Waals surface area contributed by atoms with Gasteiger partial charge in [0.15, 0.2) is 17.2 Å². The molecule has 0 saturated carbocycles. The Labute approximate surface area is 175 Å². The van der Waals surface area contributed by atoms with Gasteiger partial charge in [-0.05, 0) is 24.3 Å². The Kier molecular flexibility index (Phi) is 2.46. The van der Waals surface area contributed by atoms with E-state index in [1.807, 2.05) is 48.7 Å². The van der Waals surface area contributed by atoms with Gasteiger partial charge < -0.3 is 14.5 Å². The van der Waals surface area contributed by atoms with Crippen molar-refractivity contribution in [3.63, 3.8) is 0 Å². The fourth-order valence-electron chi connectivity index (χ4n) is 5.58. The number of allylic oxidation sites excluding steroid dienone is 4. The molecule has 8 rings (SSSR count). The maximum absolute atomic E-state index is 14.8. The third-order valence-electron chi connectivity index (χ3n) is 6.80. The monoisotopic (exact) mass is 403 g/mol. The quantitative estimate of drug-likeness (QED) is 0.427. The van der Waals surface area contributed by atoms with Crippen molar-refractivity contribution in [1.82, 2.24) is 9.21 Å². The summed E-state index contributed by atoms with van der Waals surface area (Å²) in [5.41, 5.74) is 5.33. The SMILES string of the molecule is O=C1C=CC=c2c1c1c3c(c4c5c1n2C/C=C\C1=C(O1)[N+]5([O-])c1ccccc1-4)C=NC=3. The van der Waals surface area contributed by atoms with Gasteiger partial charge in [0.25, 0.3) is 0 Å². The lowest BCUT2D eigenvalue weighted by Gasteiger charge is -2.33. The Balaban J connectivity index is 1.73.